The van der Waals surface area contributed by atoms with Crippen molar-refractivity contribution >= 4 is 36.5 Å². The molecule has 128 valence electrons. The molecule has 0 amide bonds. The zero-order valence-corrected chi connectivity index (χ0v) is 22.5. The molecule has 0 aromatic carbocycles. The van der Waals surface area contributed by atoms with E-state index in [1.54, 1.807) is 6.04 Å². The van der Waals surface area contributed by atoms with Crippen LogP contribution in [0.15, 0.2) is 0 Å². The van der Waals surface area contributed by atoms with Gasteiger partial charge in [-0.1, -0.05) is 98.3 Å². The largest absolute Gasteiger partial charge is 0.0720 e. The van der Waals surface area contributed by atoms with E-state index >= 15 is 0 Å². The molecule has 0 aliphatic carbocycles. The molecule has 21 heavy (non-hydrogen) atoms. The fourth-order valence-corrected chi connectivity index (χ4v) is 181. The van der Waals surface area contributed by atoms with Gasteiger partial charge in [-0.25, -0.2) is 0 Å². The van der Waals surface area contributed by atoms with Crippen molar-refractivity contribution < 1.29 is 0 Å². The van der Waals surface area contributed by atoms with Crippen molar-refractivity contribution in [2.45, 2.75) is 98.3 Å². The van der Waals surface area contributed by atoms with Gasteiger partial charge in [-0.3, -0.25) is 0 Å². The number of hydrogen-bond donors (Lipinski definition) is 0. The van der Waals surface area contributed by atoms with E-state index in [2.05, 4.69) is 85.9 Å². The SMILES string of the molecule is CC(C)CC[Si](C)(C)[Si]([Si](C)(C)C)([Si](C)(C)C)[Si](C)(C)C. The number of hydrogen-bond acceptors (Lipinski definition) is 0. The molecule has 0 unspecified atom stereocenters. The van der Waals surface area contributed by atoms with Crippen LogP contribution in [0.3, 0.4) is 0 Å². The van der Waals surface area contributed by atoms with Gasteiger partial charge < -0.3 is 0 Å². The lowest BCUT2D eigenvalue weighted by atomic mass is 10.2. The standard InChI is InChI=1S/C16H44Si5/c1-16(2)14-15-20(12,13)21(17(3,4)5,18(6,7)8)19(9,10)11/h16H,14-15H2,1-13H3. The van der Waals surface area contributed by atoms with Gasteiger partial charge in [-0.05, 0) is 5.92 Å². The molecule has 5 heteroatoms. The maximum absolute atomic E-state index is 2.83. The van der Waals surface area contributed by atoms with Gasteiger partial charge in [0.25, 0.3) is 0 Å². The molecular formula is C16H44Si5. The van der Waals surface area contributed by atoms with E-state index in [0.717, 1.165) is 5.92 Å². The summed E-state index contributed by atoms with van der Waals surface area (Å²) >= 11 is 0. The lowest BCUT2D eigenvalue weighted by molar-refractivity contribution is 0.621. The van der Waals surface area contributed by atoms with Crippen LogP contribution in [0.25, 0.3) is 0 Å². The number of rotatable bonds is 7. The molecule has 0 spiro atoms. The highest BCUT2D eigenvalue weighted by Gasteiger charge is 2.68. The van der Waals surface area contributed by atoms with Gasteiger partial charge in [0.2, 0.25) is 0 Å². The Labute approximate surface area is 140 Å². The molecule has 0 saturated heterocycles. The summed E-state index contributed by atoms with van der Waals surface area (Å²) in [7, 11) is -4.40. The minimum atomic E-state index is -1.14. The average Bonchev–Trinajstić information content (AvgIpc) is 2.06. The predicted molar refractivity (Wildman–Crippen MR) is 118 cm³/mol. The molecule has 0 radical (unpaired) electrons. The molecule has 0 bridgehead atoms. The van der Waals surface area contributed by atoms with Gasteiger partial charge in [-0.15, -0.1) is 0 Å². The van der Waals surface area contributed by atoms with Crippen molar-refractivity contribution in [3.8, 4) is 0 Å². The maximum atomic E-state index is 2.83. The predicted octanol–water partition coefficient (Wildman–Crippen LogP) is 6.52. The topological polar surface area (TPSA) is 0 Å². The molecule has 0 aromatic rings. The van der Waals surface area contributed by atoms with Crippen LogP contribution in [-0.2, 0) is 0 Å². The van der Waals surface area contributed by atoms with E-state index in [1.165, 1.54) is 6.42 Å². The van der Waals surface area contributed by atoms with Crippen molar-refractivity contribution in [3.63, 3.8) is 0 Å². The highest BCUT2D eigenvalue weighted by atomic mass is 30.2. The van der Waals surface area contributed by atoms with Crippen LogP contribution in [0, 0.1) is 5.92 Å². The second kappa shape index (κ2) is 6.53. The second-order valence-electron chi connectivity index (χ2n) is 11.3. The third-order valence-corrected chi connectivity index (χ3v) is 122. The van der Waals surface area contributed by atoms with Crippen LogP contribution >= 0.6 is 0 Å². The maximum Gasteiger partial charge on any atom is 0.0344 e. The fourth-order valence-electron chi connectivity index (χ4n) is 7.26. The van der Waals surface area contributed by atoms with Crippen molar-refractivity contribution in [1.29, 1.82) is 0 Å². The van der Waals surface area contributed by atoms with Crippen LogP contribution < -0.4 is 0 Å². The molecular weight excluding hydrogens is 333 g/mol. The molecule has 0 rings (SSSR count). The van der Waals surface area contributed by atoms with Crippen LogP contribution in [0.5, 0.6) is 0 Å². The zero-order valence-electron chi connectivity index (χ0n) is 17.5. The van der Waals surface area contributed by atoms with Gasteiger partial charge in [0.05, 0.1) is 0 Å². The monoisotopic (exact) mass is 376 g/mol. The Morgan fingerprint density at radius 3 is 1.05 bits per heavy atom. The summed E-state index contributed by atoms with van der Waals surface area (Å²) in [4.78, 5) is 0. The van der Waals surface area contributed by atoms with Gasteiger partial charge >= 0.3 is 0 Å². The van der Waals surface area contributed by atoms with Crippen LogP contribution in [0.4, 0.5) is 0 Å². The molecule has 0 nitrogen and oxygen atoms in total. The van der Waals surface area contributed by atoms with Crippen LogP contribution in [0.2, 0.25) is 78.1 Å². The van der Waals surface area contributed by atoms with Crippen molar-refractivity contribution in [3.05, 3.63) is 0 Å². The van der Waals surface area contributed by atoms with E-state index in [0.29, 0.717) is 0 Å². The highest BCUT2D eigenvalue weighted by molar-refractivity contribution is 8.06. The fraction of sp³-hybridized carbons (Fsp3) is 1.00. The van der Waals surface area contributed by atoms with Crippen molar-refractivity contribution in [1.82, 2.24) is 0 Å². The normalized spacial score (nSPS) is 15.7. The van der Waals surface area contributed by atoms with Crippen LogP contribution in [0.1, 0.15) is 20.3 Å². The summed E-state index contributed by atoms with van der Waals surface area (Å²) in [5.74, 6) is 0.883. The summed E-state index contributed by atoms with van der Waals surface area (Å²) in [6, 6.07) is 1.61. The Kier molecular flexibility index (Phi) is 6.87. The minimum absolute atomic E-state index is 0.883. The molecule has 0 aromatic heterocycles. The van der Waals surface area contributed by atoms with E-state index < -0.39 is 36.5 Å². The summed E-state index contributed by atoms with van der Waals surface area (Å²) in [5, 5.41) is 0. The first-order chi connectivity index (χ1) is 8.92. The Balaban J connectivity index is 6.28. The summed E-state index contributed by atoms with van der Waals surface area (Å²) in [6.45, 7) is 35.4. The first-order valence-electron chi connectivity index (χ1n) is 8.92. The Bertz CT molecular complexity index is 303. The Hall–Kier alpha value is 1.08. The summed E-state index contributed by atoms with van der Waals surface area (Å²) in [6.07, 6.45) is 0.340. The molecule has 0 aliphatic heterocycles. The second-order valence-corrected chi connectivity index (χ2v) is 66.1. The first kappa shape index (κ1) is 22.1. The van der Waals surface area contributed by atoms with E-state index in [1.807, 2.05) is 0 Å². The van der Waals surface area contributed by atoms with E-state index in [4.69, 9.17) is 0 Å². The van der Waals surface area contributed by atoms with Crippen molar-refractivity contribution in [2.75, 3.05) is 0 Å². The molecule has 0 atom stereocenters. The lowest BCUT2D eigenvalue weighted by Gasteiger charge is -2.65. The third kappa shape index (κ3) is 4.14. The minimum Gasteiger partial charge on any atom is -0.0720 e. The van der Waals surface area contributed by atoms with E-state index in [-0.39, 0.29) is 0 Å². The first-order valence-corrected chi connectivity index (χ1v) is 28.6. The average molecular weight is 377 g/mol. The highest BCUT2D eigenvalue weighted by Crippen LogP contribution is 2.45. The van der Waals surface area contributed by atoms with Gasteiger partial charge in [-0.2, -0.15) is 0 Å². The van der Waals surface area contributed by atoms with E-state index in [9.17, 15) is 0 Å². The van der Waals surface area contributed by atoms with Crippen LogP contribution in [-0.4, -0.2) is 36.5 Å². The van der Waals surface area contributed by atoms with Crippen molar-refractivity contribution in [2.24, 2.45) is 5.92 Å². The summed E-state index contributed by atoms with van der Waals surface area (Å²) < 4.78 is 0. The Morgan fingerprint density at radius 1 is 0.571 bits per heavy atom. The lowest BCUT2D eigenvalue weighted by Crippen LogP contribution is -2.92. The Morgan fingerprint density at radius 2 is 0.857 bits per heavy atom. The molecule has 0 N–H and O–H groups in total. The third-order valence-electron chi connectivity index (χ3n) is 5.74. The van der Waals surface area contributed by atoms with Gasteiger partial charge in [0.15, 0.2) is 0 Å². The zero-order chi connectivity index (χ0) is 17.5. The summed E-state index contributed by atoms with van der Waals surface area (Å²) in [5.41, 5.74) is 0. The smallest absolute Gasteiger partial charge is 0.0344 e. The van der Waals surface area contributed by atoms with Gasteiger partial charge in [0, 0.05) is 36.5 Å². The van der Waals surface area contributed by atoms with Gasteiger partial charge in [0.1, 0.15) is 0 Å². The molecule has 0 fully saturated rings. The molecule has 0 aliphatic rings. The molecule has 0 saturated carbocycles. The molecule has 0 heterocycles. The quantitative estimate of drug-likeness (QED) is 0.444.